The zero-order valence-corrected chi connectivity index (χ0v) is 11.2. The van der Waals surface area contributed by atoms with Crippen LogP contribution in [0.15, 0.2) is 0 Å². The number of carbonyl (C=O) groups is 2. The van der Waals surface area contributed by atoms with Crippen LogP contribution in [0.2, 0.25) is 0 Å². The number of methoxy groups -OCH3 is 1. The minimum atomic E-state index is -0.206. The van der Waals surface area contributed by atoms with Crippen LogP contribution in [0.5, 0.6) is 0 Å². The van der Waals surface area contributed by atoms with Crippen LogP contribution in [0.4, 0.5) is 0 Å². The molecule has 0 saturated carbocycles. The van der Waals surface area contributed by atoms with Gasteiger partial charge in [-0.05, 0) is 20.0 Å². The third-order valence-electron chi connectivity index (χ3n) is 2.92. The fourth-order valence-electron chi connectivity index (χ4n) is 1.82. The SMILES string of the molecule is COC(=O)CCCN(C)CC(=O)N1CCOCC1. The topological polar surface area (TPSA) is 59.1 Å². The smallest absolute Gasteiger partial charge is 0.305 e. The van der Waals surface area contributed by atoms with Crippen LogP contribution in [0.25, 0.3) is 0 Å². The molecule has 0 aliphatic carbocycles. The molecule has 0 aromatic carbocycles. The van der Waals surface area contributed by atoms with Crippen LogP contribution < -0.4 is 0 Å². The van der Waals surface area contributed by atoms with E-state index in [1.807, 2.05) is 16.8 Å². The number of ether oxygens (including phenoxy) is 2. The maximum absolute atomic E-state index is 11.9. The summed E-state index contributed by atoms with van der Waals surface area (Å²) in [6.07, 6.45) is 1.10. The lowest BCUT2D eigenvalue weighted by Gasteiger charge is -2.28. The lowest BCUT2D eigenvalue weighted by molar-refractivity contribution is -0.140. The molecule has 1 aliphatic heterocycles. The second-order valence-corrected chi connectivity index (χ2v) is 4.41. The summed E-state index contributed by atoms with van der Waals surface area (Å²) in [6.45, 7) is 3.70. The molecular weight excluding hydrogens is 236 g/mol. The fourth-order valence-corrected chi connectivity index (χ4v) is 1.82. The highest BCUT2D eigenvalue weighted by Gasteiger charge is 2.17. The van der Waals surface area contributed by atoms with Crippen LogP contribution in [0, 0.1) is 0 Å². The second kappa shape index (κ2) is 8.05. The molecule has 1 heterocycles. The Kier molecular flexibility index (Phi) is 6.67. The van der Waals surface area contributed by atoms with Gasteiger partial charge in [0, 0.05) is 19.5 Å². The molecule has 0 spiro atoms. The zero-order valence-electron chi connectivity index (χ0n) is 11.2. The number of nitrogens with zero attached hydrogens (tertiary/aromatic N) is 2. The highest BCUT2D eigenvalue weighted by molar-refractivity contribution is 5.78. The van der Waals surface area contributed by atoms with Crippen molar-refractivity contribution >= 4 is 11.9 Å². The Morgan fingerprint density at radius 2 is 2.00 bits per heavy atom. The quantitative estimate of drug-likeness (QED) is 0.614. The van der Waals surface area contributed by atoms with E-state index in [1.165, 1.54) is 7.11 Å². The van der Waals surface area contributed by atoms with Crippen molar-refractivity contribution in [3.8, 4) is 0 Å². The number of likely N-dealkylation sites (N-methyl/N-ethyl adjacent to an activating group) is 1. The van der Waals surface area contributed by atoms with E-state index in [0.29, 0.717) is 52.2 Å². The Labute approximate surface area is 108 Å². The van der Waals surface area contributed by atoms with Crippen molar-refractivity contribution in [2.75, 3.05) is 53.6 Å². The zero-order chi connectivity index (χ0) is 13.4. The number of hydrogen-bond donors (Lipinski definition) is 0. The molecule has 1 saturated heterocycles. The molecule has 6 heteroatoms. The molecule has 104 valence electrons. The van der Waals surface area contributed by atoms with Gasteiger partial charge in [0.2, 0.25) is 5.91 Å². The van der Waals surface area contributed by atoms with Crippen molar-refractivity contribution in [1.29, 1.82) is 0 Å². The van der Waals surface area contributed by atoms with E-state index < -0.39 is 0 Å². The monoisotopic (exact) mass is 258 g/mol. The van der Waals surface area contributed by atoms with Gasteiger partial charge >= 0.3 is 5.97 Å². The van der Waals surface area contributed by atoms with Gasteiger partial charge < -0.3 is 14.4 Å². The normalized spacial score (nSPS) is 15.8. The van der Waals surface area contributed by atoms with E-state index in [-0.39, 0.29) is 11.9 Å². The van der Waals surface area contributed by atoms with Gasteiger partial charge in [-0.25, -0.2) is 0 Å². The maximum atomic E-state index is 11.9. The lowest BCUT2D eigenvalue weighted by Crippen LogP contribution is -2.45. The summed E-state index contributed by atoms with van der Waals surface area (Å²) < 4.78 is 9.76. The number of esters is 1. The average molecular weight is 258 g/mol. The van der Waals surface area contributed by atoms with Crippen LogP contribution in [0.1, 0.15) is 12.8 Å². The first-order valence-corrected chi connectivity index (χ1v) is 6.24. The minimum absolute atomic E-state index is 0.124. The molecular formula is C12H22N2O4. The van der Waals surface area contributed by atoms with E-state index >= 15 is 0 Å². The molecule has 0 atom stereocenters. The molecule has 6 nitrogen and oxygen atoms in total. The highest BCUT2D eigenvalue weighted by Crippen LogP contribution is 2.00. The number of rotatable bonds is 6. The van der Waals surface area contributed by atoms with Crippen molar-refractivity contribution in [2.45, 2.75) is 12.8 Å². The first-order valence-electron chi connectivity index (χ1n) is 6.24. The van der Waals surface area contributed by atoms with Gasteiger partial charge in [0.1, 0.15) is 0 Å². The Bertz CT molecular complexity index is 277. The molecule has 1 aliphatic rings. The van der Waals surface area contributed by atoms with Gasteiger partial charge in [0.25, 0.3) is 0 Å². The molecule has 1 rings (SSSR count). The predicted molar refractivity (Wildman–Crippen MR) is 66.1 cm³/mol. The molecule has 0 radical (unpaired) electrons. The number of amides is 1. The van der Waals surface area contributed by atoms with Crippen LogP contribution >= 0.6 is 0 Å². The van der Waals surface area contributed by atoms with E-state index in [9.17, 15) is 9.59 Å². The fraction of sp³-hybridized carbons (Fsp3) is 0.833. The third-order valence-corrected chi connectivity index (χ3v) is 2.92. The average Bonchev–Trinajstić information content (AvgIpc) is 2.39. The van der Waals surface area contributed by atoms with Gasteiger partial charge in [0.05, 0.1) is 26.9 Å². The van der Waals surface area contributed by atoms with Gasteiger partial charge in [-0.3, -0.25) is 14.5 Å². The van der Waals surface area contributed by atoms with E-state index in [1.54, 1.807) is 0 Å². The molecule has 18 heavy (non-hydrogen) atoms. The number of hydrogen-bond acceptors (Lipinski definition) is 5. The van der Waals surface area contributed by atoms with Crippen LogP contribution in [0.3, 0.4) is 0 Å². The summed E-state index contributed by atoms with van der Waals surface area (Å²) in [6, 6.07) is 0. The Morgan fingerprint density at radius 1 is 1.33 bits per heavy atom. The Morgan fingerprint density at radius 3 is 2.61 bits per heavy atom. The van der Waals surface area contributed by atoms with Crippen molar-refractivity contribution in [2.24, 2.45) is 0 Å². The van der Waals surface area contributed by atoms with E-state index in [2.05, 4.69) is 4.74 Å². The first kappa shape index (κ1) is 14.9. The van der Waals surface area contributed by atoms with Gasteiger partial charge in [-0.15, -0.1) is 0 Å². The summed E-state index contributed by atoms with van der Waals surface area (Å²) in [5.41, 5.74) is 0. The summed E-state index contributed by atoms with van der Waals surface area (Å²) >= 11 is 0. The summed E-state index contributed by atoms with van der Waals surface area (Å²) in [5, 5.41) is 0. The molecule has 0 aromatic rings. The van der Waals surface area contributed by atoms with Crippen LogP contribution in [-0.2, 0) is 19.1 Å². The first-order chi connectivity index (χ1) is 8.63. The number of carbonyl (C=O) groups excluding carboxylic acids is 2. The molecule has 1 amide bonds. The van der Waals surface area contributed by atoms with Crippen molar-refractivity contribution in [3.63, 3.8) is 0 Å². The van der Waals surface area contributed by atoms with Crippen molar-refractivity contribution in [1.82, 2.24) is 9.80 Å². The molecule has 0 unspecified atom stereocenters. The largest absolute Gasteiger partial charge is 0.469 e. The second-order valence-electron chi connectivity index (χ2n) is 4.41. The van der Waals surface area contributed by atoms with Crippen molar-refractivity contribution < 1.29 is 19.1 Å². The highest BCUT2D eigenvalue weighted by atomic mass is 16.5. The molecule has 1 fully saturated rings. The summed E-state index contributed by atoms with van der Waals surface area (Å²) in [4.78, 5) is 26.6. The van der Waals surface area contributed by atoms with Gasteiger partial charge in [0.15, 0.2) is 0 Å². The minimum Gasteiger partial charge on any atom is -0.469 e. The van der Waals surface area contributed by atoms with E-state index in [0.717, 1.165) is 0 Å². The number of morpholine rings is 1. The summed E-state index contributed by atoms with van der Waals surface area (Å²) in [5.74, 6) is -0.0817. The van der Waals surface area contributed by atoms with Crippen LogP contribution in [-0.4, -0.2) is 75.2 Å². The summed E-state index contributed by atoms with van der Waals surface area (Å²) in [7, 11) is 3.27. The van der Waals surface area contributed by atoms with Gasteiger partial charge in [-0.2, -0.15) is 0 Å². The standard InChI is InChI=1S/C12H22N2O4/c1-13(5-3-4-12(16)17-2)10-11(15)14-6-8-18-9-7-14/h3-10H2,1-2H3. The molecule has 0 bridgehead atoms. The Balaban J connectivity index is 2.16. The van der Waals surface area contributed by atoms with Gasteiger partial charge in [-0.1, -0.05) is 0 Å². The molecule has 0 N–H and O–H groups in total. The predicted octanol–water partition coefficient (Wildman–Crippen LogP) is -0.270. The maximum Gasteiger partial charge on any atom is 0.305 e. The lowest BCUT2D eigenvalue weighted by atomic mass is 10.3. The molecule has 0 aromatic heterocycles. The van der Waals surface area contributed by atoms with Crippen molar-refractivity contribution in [3.05, 3.63) is 0 Å². The third kappa shape index (κ3) is 5.46. The van der Waals surface area contributed by atoms with E-state index in [4.69, 9.17) is 4.74 Å². The Hall–Kier alpha value is -1.14.